The van der Waals surface area contributed by atoms with Crippen LogP contribution < -0.4 is 10.2 Å². The summed E-state index contributed by atoms with van der Waals surface area (Å²) in [5.74, 6) is 0.0681. The highest BCUT2D eigenvalue weighted by Crippen LogP contribution is 2.20. The lowest BCUT2D eigenvalue weighted by atomic mass is 10.1. The Kier molecular flexibility index (Phi) is 8.05. The summed E-state index contributed by atoms with van der Waals surface area (Å²) in [6, 6.07) is 8.77. The number of benzene rings is 1. The molecule has 0 radical (unpaired) electrons. The SMILES string of the molecule is COCCCNC(=O)CN(C)Cc1ccc(N2CCCCC2)cc1. The van der Waals surface area contributed by atoms with Gasteiger partial charge in [-0.2, -0.15) is 0 Å². The smallest absolute Gasteiger partial charge is 0.234 e. The molecular formula is C19H31N3O2. The van der Waals surface area contributed by atoms with Crippen LogP contribution in [0.25, 0.3) is 0 Å². The molecule has 0 aromatic heterocycles. The third-order valence-corrected chi connectivity index (χ3v) is 4.37. The van der Waals surface area contributed by atoms with Crippen LogP contribution in [-0.4, -0.2) is 57.8 Å². The minimum absolute atomic E-state index is 0.0681. The maximum absolute atomic E-state index is 11.9. The first kappa shape index (κ1) is 18.7. The van der Waals surface area contributed by atoms with Gasteiger partial charge in [0.05, 0.1) is 6.54 Å². The molecular weight excluding hydrogens is 302 g/mol. The molecule has 1 aromatic rings. The largest absolute Gasteiger partial charge is 0.385 e. The normalized spacial score (nSPS) is 14.9. The van der Waals surface area contributed by atoms with E-state index in [1.165, 1.54) is 43.6 Å². The van der Waals surface area contributed by atoms with Gasteiger partial charge in [-0.25, -0.2) is 0 Å². The van der Waals surface area contributed by atoms with Crippen LogP contribution in [0.2, 0.25) is 0 Å². The van der Waals surface area contributed by atoms with Crippen LogP contribution in [-0.2, 0) is 16.1 Å². The average Bonchev–Trinajstić information content (AvgIpc) is 2.60. The summed E-state index contributed by atoms with van der Waals surface area (Å²) in [4.78, 5) is 16.4. The molecule has 1 fully saturated rings. The quantitative estimate of drug-likeness (QED) is 0.704. The van der Waals surface area contributed by atoms with Gasteiger partial charge in [-0.1, -0.05) is 12.1 Å². The van der Waals surface area contributed by atoms with E-state index in [-0.39, 0.29) is 5.91 Å². The fourth-order valence-corrected chi connectivity index (χ4v) is 3.08. The number of hydrogen-bond acceptors (Lipinski definition) is 4. The van der Waals surface area contributed by atoms with Crippen molar-refractivity contribution in [3.05, 3.63) is 29.8 Å². The van der Waals surface area contributed by atoms with E-state index in [1.807, 2.05) is 11.9 Å². The van der Waals surface area contributed by atoms with Crippen molar-refractivity contribution in [1.82, 2.24) is 10.2 Å². The number of nitrogens with one attached hydrogen (secondary N) is 1. The number of carbonyl (C=O) groups is 1. The molecule has 134 valence electrons. The number of ether oxygens (including phenoxy) is 1. The predicted octanol–water partition coefficient (Wildman–Crippen LogP) is 2.26. The standard InChI is InChI=1S/C19H31N3O2/c1-21(16-19(23)20-11-6-14-24-2)15-17-7-9-18(10-8-17)22-12-4-3-5-13-22/h7-10H,3-6,11-16H2,1-2H3,(H,20,23). The number of amides is 1. The van der Waals surface area contributed by atoms with Gasteiger partial charge in [-0.3, -0.25) is 9.69 Å². The molecule has 1 heterocycles. The second kappa shape index (κ2) is 10.3. The molecule has 2 rings (SSSR count). The second-order valence-corrected chi connectivity index (χ2v) is 6.58. The van der Waals surface area contributed by atoms with Crippen molar-refractivity contribution >= 4 is 11.6 Å². The number of rotatable bonds is 9. The van der Waals surface area contributed by atoms with E-state index in [0.717, 1.165) is 13.0 Å². The zero-order valence-corrected chi connectivity index (χ0v) is 15.1. The van der Waals surface area contributed by atoms with Gasteiger partial charge in [0.25, 0.3) is 0 Å². The third kappa shape index (κ3) is 6.49. The van der Waals surface area contributed by atoms with E-state index in [0.29, 0.717) is 19.7 Å². The van der Waals surface area contributed by atoms with Gasteiger partial charge in [0.15, 0.2) is 0 Å². The van der Waals surface area contributed by atoms with E-state index in [2.05, 4.69) is 34.5 Å². The monoisotopic (exact) mass is 333 g/mol. The molecule has 1 aliphatic rings. The van der Waals surface area contributed by atoms with Crippen LogP contribution in [0.3, 0.4) is 0 Å². The minimum atomic E-state index is 0.0681. The minimum Gasteiger partial charge on any atom is -0.385 e. The van der Waals surface area contributed by atoms with Gasteiger partial charge in [0.2, 0.25) is 5.91 Å². The number of anilines is 1. The van der Waals surface area contributed by atoms with Gasteiger partial charge in [-0.15, -0.1) is 0 Å². The molecule has 0 aliphatic carbocycles. The summed E-state index contributed by atoms with van der Waals surface area (Å²) in [6.07, 6.45) is 4.80. The third-order valence-electron chi connectivity index (χ3n) is 4.37. The summed E-state index contributed by atoms with van der Waals surface area (Å²) in [6.45, 7) is 4.89. The summed E-state index contributed by atoms with van der Waals surface area (Å²) in [5, 5.41) is 2.92. The van der Waals surface area contributed by atoms with Crippen LogP contribution in [0.1, 0.15) is 31.2 Å². The zero-order chi connectivity index (χ0) is 17.2. The number of carbonyl (C=O) groups excluding carboxylic acids is 1. The van der Waals surface area contributed by atoms with Crippen molar-refractivity contribution in [3.8, 4) is 0 Å². The van der Waals surface area contributed by atoms with Crippen LogP contribution in [0.4, 0.5) is 5.69 Å². The van der Waals surface area contributed by atoms with Crippen molar-refractivity contribution < 1.29 is 9.53 Å². The van der Waals surface area contributed by atoms with E-state index in [1.54, 1.807) is 7.11 Å². The first-order valence-electron chi connectivity index (χ1n) is 8.97. The second-order valence-electron chi connectivity index (χ2n) is 6.58. The molecule has 0 bridgehead atoms. The van der Waals surface area contributed by atoms with Crippen molar-refractivity contribution in [3.63, 3.8) is 0 Å². The number of likely N-dealkylation sites (N-methyl/N-ethyl adjacent to an activating group) is 1. The number of nitrogens with zero attached hydrogens (tertiary/aromatic N) is 2. The van der Waals surface area contributed by atoms with Gasteiger partial charge in [0.1, 0.15) is 0 Å². The Balaban J connectivity index is 1.73. The Labute approximate surface area is 146 Å². The Morgan fingerprint density at radius 3 is 2.58 bits per heavy atom. The molecule has 1 saturated heterocycles. The van der Waals surface area contributed by atoms with Crippen LogP contribution in [0, 0.1) is 0 Å². The lowest BCUT2D eigenvalue weighted by Crippen LogP contribution is -2.35. The molecule has 0 atom stereocenters. The fourth-order valence-electron chi connectivity index (χ4n) is 3.08. The van der Waals surface area contributed by atoms with Crippen LogP contribution >= 0.6 is 0 Å². The molecule has 0 spiro atoms. The lowest BCUT2D eigenvalue weighted by Gasteiger charge is -2.29. The number of hydrogen-bond donors (Lipinski definition) is 1. The fraction of sp³-hybridized carbons (Fsp3) is 0.632. The topological polar surface area (TPSA) is 44.8 Å². The predicted molar refractivity (Wildman–Crippen MR) is 98.3 cm³/mol. The van der Waals surface area contributed by atoms with E-state index < -0.39 is 0 Å². The van der Waals surface area contributed by atoms with Gasteiger partial charge in [-0.05, 0) is 50.4 Å². The van der Waals surface area contributed by atoms with E-state index in [4.69, 9.17) is 4.74 Å². The maximum atomic E-state index is 11.9. The molecule has 1 aromatic carbocycles. The molecule has 1 amide bonds. The first-order valence-corrected chi connectivity index (χ1v) is 8.97. The molecule has 5 nitrogen and oxygen atoms in total. The van der Waals surface area contributed by atoms with E-state index in [9.17, 15) is 4.79 Å². The Morgan fingerprint density at radius 1 is 1.21 bits per heavy atom. The zero-order valence-electron chi connectivity index (χ0n) is 15.1. The van der Waals surface area contributed by atoms with Gasteiger partial charge < -0.3 is 15.0 Å². The average molecular weight is 333 g/mol. The van der Waals surface area contributed by atoms with Crippen molar-refractivity contribution in [2.45, 2.75) is 32.2 Å². The van der Waals surface area contributed by atoms with Gasteiger partial charge >= 0.3 is 0 Å². The summed E-state index contributed by atoms with van der Waals surface area (Å²) < 4.78 is 4.97. The molecule has 0 unspecified atom stereocenters. The molecule has 0 saturated carbocycles. The highest BCUT2D eigenvalue weighted by atomic mass is 16.5. The van der Waals surface area contributed by atoms with Crippen molar-refractivity contribution in [1.29, 1.82) is 0 Å². The molecule has 5 heteroatoms. The van der Waals surface area contributed by atoms with E-state index >= 15 is 0 Å². The maximum Gasteiger partial charge on any atom is 0.234 e. The lowest BCUT2D eigenvalue weighted by molar-refractivity contribution is -0.122. The van der Waals surface area contributed by atoms with Crippen LogP contribution in [0.15, 0.2) is 24.3 Å². The highest BCUT2D eigenvalue weighted by Gasteiger charge is 2.11. The number of methoxy groups -OCH3 is 1. The summed E-state index contributed by atoms with van der Waals surface area (Å²) in [5.41, 5.74) is 2.56. The molecule has 1 N–H and O–H groups in total. The molecule has 1 aliphatic heterocycles. The Morgan fingerprint density at radius 2 is 1.92 bits per heavy atom. The Bertz CT molecular complexity index is 484. The Hall–Kier alpha value is -1.59. The first-order chi connectivity index (χ1) is 11.7. The van der Waals surface area contributed by atoms with Gasteiger partial charge in [0, 0.05) is 45.6 Å². The van der Waals surface area contributed by atoms with Crippen molar-refractivity contribution in [2.75, 3.05) is 51.8 Å². The summed E-state index contributed by atoms with van der Waals surface area (Å²) >= 11 is 0. The summed E-state index contributed by atoms with van der Waals surface area (Å²) in [7, 11) is 3.65. The highest BCUT2D eigenvalue weighted by molar-refractivity contribution is 5.77. The van der Waals surface area contributed by atoms with Crippen molar-refractivity contribution in [2.24, 2.45) is 0 Å². The molecule has 24 heavy (non-hydrogen) atoms. The van der Waals surface area contributed by atoms with Crippen LogP contribution in [0.5, 0.6) is 0 Å². The number of piperidine rings is 1.